The second-order valence-corrected chi connectivity index (χ2v) is 7.09. The molecule has 0 bridgehead atoms. The summed E-state index contributed by atoms with van der Waals surface area (Å²) in [5.74, 6) is 0.904. The van der Waals surface area contributed by atoms with Gasteiger partial charge in [-0.2, -0.15) is 0 Å². The molecule has 1 aromatic heterocycles. The summed E-state index contributed by atoms with van der Waals surface area (Å²) in [6.07, 6.45) is 3.96. The Labute approximate surface area is 154 Å². The van der Waals surface area contributed by atoms with Gasteiger partial charge < -0.3 is 5.32 Å². The Hall–Kier alpha value is -2.52. The van der Waals surface area contributed by atoms with Crippen molar-refractivity contribution in [2.45, 2.75) is 25.7 Å². The van der Waals surface area contributed by atoms with Crippen molar-refractivity contribution in [2.75, 3.05) is 13.1 Å². The average molecular weight is 344 g/mol. The first-order chi connectivity index (χ1) is 12.8. The van der Waals surface area contributed by atoms with E-state index < -0.39 is 0 Å². The minimum Gasteiger partial charge on any atom is -0.317 e. The fourth-order valence-corrected chi connectivity index (χ4v) is 3.80. The Balaban J connectivity index is 1.65. The highest BCUT2D eigenvalue weighted by Gasteiger charge is 2.18. The minimum absolute atomic E-state index is 0.235. The lowest BCUT2D eigenvalue weighted by molar-refractivity contribution is 0.0972. The number of fused-ring (bicyclic) bond motifs is 1. The largest absolute Gasteiger partial charge is 0.317 e. The van der Waals surface area contributed by atoms with Gasteiger partial charge in [0.05, 0.1) is 11.2 Å². The number of carbonyl (C=O) groups is 1. The molecule has 3 heteroatoms. The van der Waals surface area contributed by atoms with E-state index in [1.165, 1.54) is 12.8 Å². The molecule has 26 heavy (non-hydrogen) atoms. The van der Waals surface area contributed by atoms with Gasteiger partial charge in [0.1, 0.15) is 0 Å². The first-order valence-corrected chi connectivity index (χ1v) is 9.50. The summed E-state index contributed by atoms with van der Waals surface area (Å²) in [6.45, 7) is 2.16. The number of hydrogen-bond donors (Lipinski definition) is 1. The van der Waals surface area contributed by atoms with Crippen molar-refractivity contribution < 1.29 is 4.79 Å². The van der Waals surface area contributed by atoms with Gasteiger partial charge >= 0.3 is 0 Å². The highest BCUT2D eigenvalue weighted by Crippen LogP contribution is 2.27. The molecule has 0 amide bonds. The van der Waals surface area contributed by atoms with E-state index in [0.717, 1.165) is 47.2 Å². The van der Waals surface area contributed by atoms with Crippen LogP contribution in [0.15, 0.2) is 60.7 Å². The molecule has 1 N–H and O–H groups in total. The number of Topliss-reactive ketones (excluding diaryl/α,β-unsaturated/α-hetero) is 1. The van der Waals surface area contributed by atoms with Crippen LogP contribution in [0.1, 0.15) is 36.0 Å². The smallest absolute Gasteiger partial charge is 0.163 e. The summed E-state index contributed by atoms with van der Waals surface area (Å²) >= 11 is 0. The molecule has 3 nitrogen and oxygen atoms in total. The number of hydrogen-bond acceptors (Lipinski definition) is 3. The Morgan fingerprint density at radius 1 is 1.00 bits per heavy atom. The lowest BCUT2D eigenvalue weighted by Gasteiger charge is -2.22. The summed E-state index contributed by atoms with van der Waals surface area (Å²) < 4.78 is 0. The van der Waals surface area contributed by atoms with Crippen LogP contribution >= 0.6 is 0 Å². The number of nitrogens with one attached hydrogen (secondary N) is 1. The summed E-state index contributed by atoms with van der Waals surface area (Å²) in [4.78, 5) is 17.8. The fourth-order valence-electron chi connectivity index (χ4n) is 3.80. The van der Waals surface area contributed by atoms with Crippen LogP contribution in [-0.2, 0) is 0 Å². The molecule has 0 aliphatic carbocycles. The topological polar surface area (TPSA) is 42.0 Å². The van der Waals surface area contributed by atoms with Crippen molar-refractivity contribution in [3.05, 3.63) is 66.2 Å². The third kappa shape index (κ3) is 3.68. The molecule has 1 saturated heterocycles. The number of para-hydroxylation sites is 1. The zero-order valence-corrected chi connectivity index (χ0v) is 14.9. The summed E-state index contributed by atoms with van der Waals surface area (Å²) in [6, 6.07) is 20.0. The molecular weight excluding hydrogens is 320 g/mol. The monoisotopic (exact) mass is 344 g/mol. The highest BCUT2D eigenvalue weighted by atomic mass is 16.1. The van der Waals surface area contributed by atoms with E-state index in [-0.39, 0.29) is 5.78 Å². The first-order valence-electron chi connectivity index (χ1n) is 9.50. The standard InChI is InChI=1S/C23H24N2O/c26-23(11-10-17-12-14-24-15-13-17)20-16-22(18-6-2-1-3-7-18)25-21-9-5-4-8-19(20)21/h1-9,16-17,24H,10-15H2. The summed E-state index contributed by atoms with van der Waals surface area (Å²) in [5, 5.41) is 4.35. The second-order valence-electron chi connectivity index (χ2n) is 7.09. The molecule has 3 aromatic rings. The molecule has 1 aliphatic heterocycles. The predicted molar refractivity (Wildman–Crippen MR) is 106 cm³/mol. The quantitative estimate of drug-likeness (QED) is 0.672. The lowest BCUT2D eigenvalue weighted by Crippen LogP contribution is -2.28. The van der Waals surface area contributed by atoms with Crippen molar-refractivity contribution in [3.63, 3.8) is 0 Å². The molecule has 1 fully saturated rings. The molecule has 0 radical (unpaired) electrons. The minimum atomic E-state index is 0.235. The Morgan fingerprint density at radius 3 is 2.54 bits per heavy atom. The molecule has 0 saturated carbocycles. The predicted octanol–water partition coefficient (Wildman–Crippen LogP) is 4.86. The van der Waals surface area contributed by atoms with E-state index in [1.807, 2.05) is 60.7 Å². The number of piperidine rings is 1. The van der Waals surface area contributed by atoms with Gasteiger partial charge in [0.15, 0.2) is 5.78 Å². The number of rotatable bonds is 5. The van der Waals surface area contributed by atoms with Crippen LogP contribution in [0.25, 0.3) is 22.2 Å². The summed E-state index contributed by atoms with van der Waals surface area (Å²) in [5.41, 5.74) is 3.61. The van der Waals surface area contributed by atoms with E-state index in [0.29, 0.717) is 12.3 Å². The maximum Gasteiger partial charge on any atom is 0.163 e. The van der Waals surface area contributed by atoms with Crippen molar-refractivity contribution in [1.82, 2.24) is 10.3 Å². The molecule has 2 heterocycles. The number of aromatic nitrogens is 1. The molecule has 0 spiro atoms. The fraction of sp³-hybridized carbons (Fsp3) is 0.304. The third-order valence-corrected chi connectivity index (χ3v) is 5.32. The number of ketones is 1. The highest BCUT2D eigenvalue weighted by molar-refractivity contribution is 6.08. The van der Waals surface area contributed by atoms with Crippen molar-refractivity contribution in [2.24, 2.45) is 5.92 Å². The number of nitrogens with zero attached hydrogens (tertiary/aromatic N) is 1. The Morgan fingerprint density at radius 2 is 1.73 bits per heavy atom. The van der Waals surface area contributed by atoms with E-state index in [2.05, 4.69) is 5.32 Å². The van der Waals surface area contributed by atoms with Gasteiger partial charge in [0.25, 0.3) is 0 Å². The van der Waals surface area contributed by atoms with Crippen LogP contribution in [0.4, 0.5) is 0 Å². The zero-order chi connectivity index (χ0) is 17.8. The maximum absolute atomic E-state index is 13.0. The van der Waals surface area contributed by atoms with Crippen LogP contribution < -0.4 is 5.32 Å². The molecule has 0 unspecified atom stereocenters. The van der Waals surface area contributed by atoms with Gasteiger partial charge in [-0.25, -0.2) is 4.98 Å². The molecule has 0 atom stereocenters. The van der Waals surface area contributed by atoms with Gasteiger partial charge in [-0.05, 0) is 50.4 Å². The van der Waals surface area contributed by atoms with Crippen LogP contribution in [0.3, 0.4) is 0 Å². The van der Waals surface area contributed by atoms with Crippen molar-refractivity contribution >= 4 is 16.7 Å². The number of carbonyl (C=O) groups excluding carboxylic acids is 1. The van der Waals surface area contributed by atoms with Gasteiger partial charge in [-0.1, -0.05) is 48.5 Å². The first kappa shape index (κ1) is 16.9. The van der Waals surface area contributed by atoms with Gasteiger partial charge in [-0.15, -0.1) is 0 Å². The van der Waals surface area contributed by atoms with Crippen LogP contribution in [-0.4, -0.2) is 23.9 Å². The molecule has 1 aliphatic rings. The molecular formula is C23H24N2O. The van der Waals surface area contributed by atoms with E-state index in [4.69, 9.17) is 4.98 Å². The van der Waals surface area contributed by atoms with Crippen LogP contribution in [0.2, 0.25) is 0 Å². The van der Waals surface area contributed by atoms with Crippen molar-refractivity contribution in [1.29, 1.82) is 0 Å². The lowest BCUT2D eigenvalue weighted by atomic mass is 9.90. The SMILES string of the molecule is O=C(CCC1CCNCC1)c1cc(-c2ccccc2)nc2ccccc12. The second kappa shape index (κ2) is 7.79. The van der Waals surface area contributed by atoms with E-state index in [9.17, 15) is 4.79 Å². The third-order valence-electron chi connectivity index (χ3n) is 5.32. The molecule has 4 rings (SSSR count). The molecule has 2 aromatic carbocycles. The maximum atomic E-state index is 13.0. The summed E-state index contributed by atoms with van der Waals surface area (Å²) in [7, 11) is 0. The van der Waals surface area contributed by atoms with E-state index in [1.54, 1.807) is 0 Å². The molecule has 132 valence electrons. The average Bonchev–Trinajstić information content (AvgIpc) is 2.72. The van der Waals surface area contributed by atoms with Crippen LogP contribution in [0, 0.1) is 5.92 Å². The Kier molecular flexibility index (Phi) is 5.07. The zero-order valence-electron chi connectivity index (χ0n) is 14.9. The van der Waals surface area contributed by atoms with Gasteiger partial charge in [0.2, 0.25) is 0 Å². The van der Waals surface area contributed by atoms with Gasteiger partial charge in [-0.3, -0.25) is 4.79 Å². The van der Waals surface area contributed by atoms with Crippen molar-refractivity contribution in [3.8, 4) is 11.3 Å². The van der Waals surface area contributed by atoms with Crippen LogP contribution in [0.5, 0.6) is 0 Å². The van der Waals surface area contributed by atoms with E-state index >= 15 is 0 Å². The number of benzene rings is 2. The Bertz CT molecular complexity index is 898. The number of pyridine rings is 1. The van der Waals surface area contributed by atoms with Gasteiger partial charge in [0, 0.05) is 22.9 Å². The normalized spacial score (nSPS) is 15.2.